The van der Waals surface area contributed by atoms with Crippen LogP contribution in [-0.2, 0) is 27.3 Å². The van der Waals surface area contributed by atoms with E-state index in [0.717, 1.165) is 11.1 Å². The Morgan fingerprint density at radius 2 is 1.10 bits per heavy atom. The van der Waals surface area contributed by atoms with Gasteiger partial charge in [0, 0.05) is 4.90 Å². The van der Waals surface area contributed by atoms with Crippen LogP contribution in [0.3, 0.4) is 0 Å². The predicted molar refractivity (Wildman–Crippen MR) is 89.7 cm³/mol. The zero-order chi connectivity index (χ0) is 16.8. The summed E-state index contributed by atoms with van der Waals surface area (Å²) in [7, 11) is 0. The van der Waals surface area contributed by atoms with Crippen molar-refractivity contribution in [3.05, 3.63) is 28.8 Å². The van der Waals surface area contributed by atoms with Crippen LogP contribution in [0.4, 0.5) is 0 Å². The van der Waals surface area contributed by atoms with Crippen molar-refractivity contribution in [2.75, 3.05) is 0 Å². The monoisotopic (exact) mass is 309 g/mol. The zero-order valence-electron chi connectivity index (χ0n) is 14.9. The van der Waals surface area contributed by atoms with E-state index in [0.29, 0.717) is 4.90 Å². The lowest BCUT2D eigenvalue weighted by molar-refractivity contribution is 0.502. The van der Waals surface area contributed by atoms with Crippen molar-refractivity contribution < 1.29 is 8.76 Å². The van der Waals surface area contributed by atoms with Crippen LogP contribution in [0.5, 0.6) is 0 Å². The average molecular weight is 309 g/mol. The van der Waals surface area contributed by atoms with Crippen molar-refractivity contribution in [1.29, 1.82) is 0 Å². The molecule has 0 saturated heterocycles. The molecule has 3 heteroatoms. The Morgan fingerprint density at radius 1 is 0.762 bits per heavy atom. The fourth-order valence-corrected chi connectivity index (χ4v) is 3.44. The van der Waals surface area contributed by atoms with E-state index < -0.39 is 11.1 Å². The molecule has 1 rings (SSSR count). The molecule has 0 aliphatic carbocycles. The van der Waals surface area contributed by atoms with Crippen LogP contribution in [-0.4, -0.2) is 8.76 Å². The van der Waals surface area contributed by atoms with E-state index in [2.05, 4.69) is 74.4 Å². The lowest BCUT2D eigenvalue weighted by Gasteiger charge is -2.34. The highest BCUT2D eigenvalue weighted by atomic mass is 32.2. The van der Waals surface area contributed by atoms with Crippen LogP contribution >= 0.6 is 0 Å². The molecule has 1 unspecified atom stereocenters. The first kappa shape index (κ1) is 18.4. The third kappa shape index (κ3) is 4.17. The third-order valence-corrected chi connectivity index (χ3v) is 4.51. The molecule has 120 valence electrons. The fourth-order valence-electron chi connectivity index (χ4n) is 2.36. The molecule has 0 fully saturated rings. The highest BCUT2D eigenvalue weighted by Gasteiger charge is 2.29. The van der Waals surface area contributed by atoms with Crippen molar-refractivity contribution in [1.82, 2.24) is 0 Å². The summed E-state index contributed by atoms with van der Waals surface area (Å²) in [6.45, 7) is 18.9. The van der Waals surface area contributed by atoms with Gasteiger partial charge in [0.2, 0.25) is 0 Å². The van der Waals surface area contributed by atoms with Gasteiger partial charge in [0.25, 0.3) is 0 Å². The summed E-state index contributed by atoms with van der Waals surface area (Å²) in [4.78, 5) is 0.475. The van der Waals surface area contributed by atoms with Gasteiger partial charge in [-0.15, -0.1) is 0 Å². The Balaban J connectivity index is 3.89. The fraction of sp³-hybridized carbons (Fsp3) is 0.667. The van der Waals surface area contributed by atoms with Crippen LogP contribution in [0.25, 0.3) is 0 Å². The van der Waals surface area contributed by atoms with Gasteiger partial charge < -0.3 is 4.55 Å². The molecule has 0 aliphatic rings. The Hall–Kier alpha value is -0.670. The molecule has 1 aromatic rings. The second-order valence-electron chi connectivity index (χ2n) is 8.89. The van der Waals surface area contributed by atoms with Crippen molar-refractivity contribution in [3.63, 3.8) is 0 Å². The predicted octanol–water partition coefficient (Wildman–Crippen LogP) is 4.82. The summed E-state index contributed by atoms with van der Waals surface area (Å²) in [5.74, 6) is 0. The highest BCUT2D eigenvalue weighted by molar-refractivity contribution is 7.79. The summed E-state index contributed by atoms with van der Waals surface area (Å²) in [5.41, 5.74) is 2.57. The summed E-state index contributed by atoms with van der Waals surface area (Å²) >= 11 is -2.23. The molecular weight excluding hydrogens is 280 g/mol. The first-order valence-electron chi connectivity index (χ1n) is 7.44. The Morgan fingerprint density at radius 3 is 1.29 bits per heavy atom. The van der Waals surface area contributed by atoms with Gasteiger partial charge in [-0.3, -0.25) is 4.21 Å². The molecule has 0 aliphatic heterocycles. The zero-order valence-corrected chi connectivity index (χ0v) is 15.7. The molecule has 1 aromatic carbocycles. The van der Waals surface area contributed by atoms with Crippen molar-refractivity contribution in [2.45, 2.75) is 83.5 Å². The maximum atomic E-state index is 11.9. The molecule has 0 bridgehead atoms. The van der Waals surface area contributed by atoms with Gasteiger partial charge in [0.05, 0.1) is 0 Å². The number of benzene rings is 1. The van der Waals surface area contributed by atoms with Gasteiger partial charge in [-0.25, -0.2) is 0 Å². The van der Waals surface area contributed by atoms with E-state index in [9.17, 15) is 8.76 Å². The lowest BCUT2D eigenvalue weighted by atomic mass is 9.75. The van der Waals surface area contributed by atoms with Gasteiger partial charge in [0.15, 0.2) is 0 Å². The second kappa shape index (κ2) is 5.51. The molecule has 0 spiro atoms. The smallest absolute Gasteiger partial charge is 0.0323 e. The first-order chi connectivity index (χ1) is 9.15. The topological polar surface area (TPSA) is 40.1 Å². The molecule has 0 radical (unpaired) electrons. The van der Waals surface area contributed by atoms with E-state index in [1.54, 1.807) is 0 Å². The van der Waals surface area contributed by atoms with Crippen LogP contribution in [0.15, 0.2) is 17.0 Å². The number of hydrogen-bond acceptors (Lipinski definition) is 2. The Bertz CT molecular complexity index is 517. The van der Waals surface area contributed by atoms with Crippen LogP contribution < -0.4 is 0 Å². The molecule has 0 N–H and O–H groups in total. The van der Waals surface area contributed by atoms with Crippen molar-refractivity contribution in [3.8, 4) is 0 Å². The minimum absolute atomic E-state index is 0.0110. The maximum Gasteiger partial charge on any atom is 0.0323 e. The number of rotatable bonds is 1. The van der Waals surface area contributed by atoms with Gasteiger partial charge in [0.1, 0.15) is 0 Å². The first-order valence-corrected chi connectivity index (χ1v) is 8.52. The minimum atomic E-state index is -2.23. The van der Waals surface area contributed by atoms with Crippen molar-refractivity contribution in [2.24, 2.45) is 0 Å². The molecule has 0 heterocycles. The normalized spacial score (nSPS) is 15.1. The molecule has 21 heavy (non-hydrogen) atoms. The second-order valence-corrected chi connectivity index (χ2v) is 9.76. The van der Waals surface area contributed by atoms with Gasteiger partial charge >= 0.3 is 0 Å². The van der Waals surface area contributed by atoms with Gasteiger partial charge in [-0.2, -0.15) is 0 Å². The molecule has 2 nitrogen and oxygen atoms in total. The molecule has 0 amide bonds. The SMILES string of the molecule is CC(C)(C)c1cc(C(C)(C)C)c(S(=O)[O-])c(C(C)(C)C)c1. The van der Waals surface area contributed by atoms with E-state index in [1.807, 2.05) is 0 Å². The van der Waals surface area contributed by atoms with E-state index in [1.165, 1.54) is 5.56 Å². The third-order valence-electron chi connectivity index (χ3n) is 3.74. The largest absolute Gasteiger partial charge is 0.768 e. The summed E-state index contributed by atoms with van der Waals surface area (Å²) < 4.78 is 23.8. The summed E-state index contributed by atoms with van der Waals surface area (Å²) in [6.07, 6.45) is 0. The lowest BCUT2D eigenvalue weighted by Crippen LogP contribution is -2.24. The standard InChI is InChI=1S/C18H30O2S/c1-16(2,3)12-10-13(17(4,5)6)15(21(19)20)14(11-12)18(7,8)9/h10-11H,1-9H3,(H,19,20)/p-1. The minimum Gasteiger partial charge on any atom is -0.768 e. The Labute approximate surface area is 132 Å². The number of hydrogen-bond donors (Lipinski definition) is 0. The van der Waals surface area contributed by atoms with E-state index >= 15 is 0 Å². The molecule has 0 saturated carbocycles. The van der Waals surface area contributed by atoms with Crippen molar-refractivity contribution >= 4 is 11.1 Å². The summed E-state index contributed by atoms with van der Waals surface area (Å²) in [6, 6.07) is 4.14. The Kier molecular flexibility index (Phi) is 4.82. The average Bonchev–Trinajstić information content (AvgIpc) is 2.23. The maximum absolute atomic E-state index is 11.9. The molecule has 1 atom stereocenters. The van der Waals surface area contributed by atoms with Crippen LogP contribution in [0.1, 0.15) is 79.0 Å². The molecule has 0 aromatic heterocycles. The van der Waals surface area contributed by atoms with Gasteiger partial charge in [-0.1, -0.05) is 74.4 Å². The highest BCUT2D eigenvalue weighted by Crippen LogP contribution is 2.39. The molecular formula is C18H29O2S-. The van der Waals surface area contributed by atoms with E-state index in [4.69, 9.17) is 0 Å². The van der Waals surface area contributed by atoms with Crippen LogP contribution in [0, 0.1) is 0 Å². The van der Waals surface area contributed by atoms with Gasteiger partial charge in [-0.05, 0) is 44.0 Å². The van der Waals surface area contributed by atoms with Crippen LogP contribution in [0.2, 0.25) is 0 Å². The summed E-state index contributed by atoms with van der Waals surface area (Å²) in [5, 5.41) is 0. The quantitative estimate of drug-likeness (QED) is 0.698. The van der Waals surface area contributed by atoms with E-state index in [-0.39, 0.29) is 16.2 Å².